The van der Waals surface area contributed by atoms with E-state index in [0.717, 1.165) is 24.0 Å². The van der Waals surface area contributed by atoms with E-state index in [1.807, 2.05) is 71.0 Å². The maximum Gasteiger partial charge on any atom is 0.336 e. The Labute approximate surface area is 254 Å². The van der Waals surface area contributed by atoms with E-state index in [4.69, 9.17) is 36.3 Å². The van der Waals surface area contributed by atoms with E-state index in [0.29, 0.717) is 48.2 Å². The maximum absolute atomic E-state index is 13.6. The van der Waals surface area contributed by atoms with Crippen LogP contribution < -0.4 is 10.5 Å². The smallest absolute Gasteiger partial charge is 0.336 e. The zero-order chi connectivity index (χ0) is 30.5. The SMILES string of the molecule is CC1=C(C(=O)OCc2ccc(OC(C)(C)CCOC(C)(C)N)cc2)[C@H](c2ccc(Cl)cc2)CC(=O)N1C[C@H]1CCCO1. The first kappa shape index (κ1) is 32.0. The van der Waals surface area contributed by atoms with E-state index in [2.05, 4.69) is 0 Å². The first-order chi connectivity index (χ1) is 19.8. The Morgan fingerprint density at radius 1 is 1.10 bits per heavy atom. The number of nitrogens with zero attached hydrogens (tertiary/aromatic N) is 1. The van der Waals surface area contributed by atoms with E-state index in [9.17, 15) is 9.59 Å². The van der Waals surface area contributed by atoms with Crippen LogP contribution in [0.3, 0.4) is 0 Å². The minimum atomic E-state index is -0.686. The molecule has 42 heavy (non-hydrogen) atoms. The zero-order valence-corrected chi connectivity index (χ0v) is 26.0. The Kier molecular flexibility index (Phi) is 10.4. The molecule has 1 amide bonds. The quantitative estimate of drug-likeness (QED) is 0.232. The van der Waals surface area contributed by atoms with Crippen LogP contribution in [0.2, 0.25) is 5.02 Å². The molecule has 4 rings (SSSR count). The van der Waals surface area contributed by atoms with Gasteiger partial charge in [0.2, 0.25) is 5.91 Å². The number of benzene rings is 2. The topological polar surface area (TPSA) is 100 Å². The molecule has 0 bridgehead atoms. The van der Waals surface area contributed by atoms with Gasteiger partial charge in [0, 0.05) is 36.1 Å². The van der Waals surface area contributed by atoms with Gasteiger partial charge in [-0.1, -0.05) is 35.9 Å². The summed E-state index contributed by atoms with van der Waals surface area (Å²) in [5, 5.41) is 0.592. The molecular formula is C33H43ClN2O6. The second-order valence-corrected chi connectivity index (χ2v) is 12.7. The highest BCUT2D eigenvalue weighted by molar-refractivity contribution is 6.30. The molecule has 0 spiro atoms. The lowest BCUT2D eigenvalue weighted by molar-refractivity contribution is -0.141. The van der Waals surface area contributed by atoms with Gasteiger partial charge in [0.05, 0.1) is 24.8 Å². The summed E-state index contributed by atoms with van der Waals surface area (Å²) >= 11 is 6.12. The minimum absolute atomic E-state index is 0.0287. The van der Waals surface area contributed by atoms with E-state index < -0.39 is 23.2 Å². The average molecular weight is 599 g/mol. The molecule has 8 nitrogen and oxygen atoms in total. The predicted octanol–water partition coefficient (Wildman–Crippen LogP) is 6.11. The van der Waals surface area contributed by atoms with Crippen molar-refractivity contribution >= 4 is 23.5 Å². The number of nitrogens with two attached hydrogens (primary N) is 1. The number of rotatable bonds is 12. The molecular weight excluding hydrogens is 556 g/mol. The second-order valence-electron chi connectivity index (χ2n) is 12.2. The molecule has 2 aliphatic heterocycles. The minimum Gasteiger partial charge on any atom is -0.488 e. The average Bonchev–Trinajstić information content (AvgIpc) is 3.43. The lowest BCUT2D eigenvalue weighted by Crippen LogP contribution is -2.42. The number of esters is 1. The van der Waals surface area contributed by atoms with Crippen LogP contribution in [0.5, 0.6) is 5.75 Å². The van der Waals surface area contributed by atoms with Crippen molar-refractivity contribution in [2.75, 3.05) is 19.8 Å². The van der Waals surface area contributed by atoms with Crippen molar-refractivity contribution in [2.24, 2.45) is 5.73 Å². The van der Waals surface area contributed by atoms with Crippen LogP contribution in [0.25, 0.3) is 0 Å². The summed E-state index contributed by atoms with van der Waals surface area (Å²) in [6.07, 6.45) is 2.68. The van der Waals surface area contributed by atoms with Crippen LogP contribution in [-0.4, -0.2) is 54.0 Å². The van der Waals surface area contributed by atoms with Crippen LogP contribution in [-0.2, 0) is 30.4 Å². The van der Waals surface area contributed by atoms with Crippen molar-refractivity contribution in [3.05, 3.63) is 76.0 Å². The highest BCUT2D eigenvalue weighted by atomic mass is 35.5. The fourth-order valence-electron chi connectivity index (χ4n) is 5.28. The lowest BCUT2D eigenvalue weighted by atomic mass is 9.83. The third-order valence-electron chi connectivity index (χ3n) is 7.59. The Bertz CT molecular complexity index is 1260. The van der Waals surface area contributed by atoms with Crippen molar-refractivity contribution in [3.8, 4) is 5.75 Å². The molecule has 2 aromatic carbocycles. The monoisotopic (exact) mass is 598 g/mol. The maximum atomic E-state index is 13.6. The van der Waals surface area contributed by atoms with Gasteiger partial charge in [0.25, 0.3) is 0 Å². The molecule has 2 aliphatic rings. The van der Waals surface area contributed by atoms with Gasteiger partial charge in [-0.3, -0.25) is 4.79 Å². The summed E-state index contributed by atoms with van der Waals surface area (Å²) in [5.41, 5.74) is 7.53. The van der Waals surface area contributed by atoms with Crippen LogP contribution in [0.1, 0.15) is 77.3 Å². The van der Waals surface area contributed by atoms with Gasteiger partial charge >= 0.3 is 5.97 Å². The van der Waals surface area contributed by atoms with E-state index in [1.165, 1.54) is 0 Å². The highest BCUT2D eigenvalue weighted by Crippen LogP contribution is 2.38. The van der Waals surface area contributed by atoms with E-state index in [-0.39, 0.29) is 25.0 Å². The predicted molar refractivity (Wildman–Crippen MR) is 162 cm³/mol. The Balaban J connectivity index is 1.45. The number of carbonyl (C=O) groups excluding carboxylic acids is 2. The van der Waals surface area contributed by atoms with E-state index in [1.54, 1.807) is 17.0 Å². The molecule has 2 heterocycles. The standard InChI is InChI=1S/C33H43ClN2O6/c1-22-30(28(24-10-12-25(34)13-11-24)19-29(37)36(22)20-27-7-6-17-39-27)31(38)40-21-23-8-14-26(15-9-23)42-32(2,3)16-18-41-33(4,5)35/h8-15,27-28H,6-7,16-21,35H2,1-5H3/t27-,28+/m1/s1. The van der Waals surface area contributed by atoms with Crippen molar-refractivity contribution in [1.29, 1.82) is 0 Å². The third kappa shape index (κ3) is 8.80. The molecule has 228 valence electrons. The molecule has 2 N–H and O–H groups in total. The highest BCUT2D eigenvalue weighted by Gasteiger charge is 2.38. The summed E-state index contributed by atoms with van der Waals surface area (Å²) in [5.74, 6) is -0.188. The van der Waals surface area contributed by atoms with Gasteiger partial charge in [-0.15, -0.1) is 0 Å². The van der Waals surface area contributed by atoms with Gasteiger partial charge in [-0.25, -0.2) is 4.79 Å². The van der Waals surface area contributed by atoms with Gasteiger partial charge in [-0.05, 0) is 82.9 Å². The van der Waals surface area contributed by atoms with Crippen LogP contribution in [0.4, 0.5) is 0 Å². The number of ether oxygens (including phenoxy) is 4. The Hall–Kier alpha value is -2.91. The third-order valence-corrected chi connectivity index (χ3v) is 7.84. The molecule has 1 fully saturated rings. The molecule has 1 saturated heterocycles. The summed E-state index contributed by atoms with van der Waals surface area (Å²) in [4.78, 5) is 28.6. The molecule has 0 unspecified atom stereocenters. The van der Waals surface area contributed by atoms with Crippen molar-refractivity contribution in [2.45, 2.75) is 90.3 Å². The van der Waals surface area contributed by atoms with Crippen LogP contribution in [0, 0.1) is 0 Å². The number of carbonyl (C=O) groups is 2. The number of halogens is 1. The van der Waals surface area contributed by atoms with Gasteiger partial charge < -0.3 is 29.6 Å². The molecule has 0 aromatic heterocycles. The second kappa shape index (κ2) is 13.6. The van der Waals surface area contributed by atoms with Gasteiger partial charge in [0.1, 0.15) is 23.7 Å². The fourth-order valence-corrected chi connectivity index (χ4v) is 5.41. The molecule has 0 aliphatic carbocycles. The molecule has 2 aromatic rings. The summed E-state index contributed by atoms with van der Waals surface area (Å²) in [6.45, 7) is 11.1. The van der Waals surface area contributed by atoms with Gasteiger partial charge in [-0.2, -0.15) is 0 Å². The first-order valence-corrected chi connectivity index (χ1v) is 15.0. The largest absolute Gasteiger partial charge is 0.488 e. The first-order valence-electron chi connectivity index (χ1n) is 14.6. The van der Waals surface area contributed by atoms with Crippen molar-refractivity contribution in [3.63, 3.8) is 0 Å². The number of allylic oxidation sites excluding steroid dienone is 1. The molecule has 0 saturated carbocycles. The zero-order valence-electron chi connectivity index (χ0n) is 25.3. The number of amides is 1. The Morgan fingerprint density at radius 3 is 2.40 bits per heavy atom. The van der Waals surface area contributed by atoms with E-state index >= 15 is 0 Å². The normalized spacial score (nSPS) is 19.8. The number of hydrogen-bond donors (Lipinski definition) is 1. The van der Waals surface area contributed by atoms with Crippen molar-refractivity contribution < 1.29 is 28.5 Å². The summed E-state index contributed by atoms with van der Waals surface area (Å²) < 4.78 is 23.4. The van der Waals surface area contributed by atoms with Crippen LogP contribution in [0.15, 0.2) is 59.8 Å². The summed E-state index contributed by atoms with van der Waals surface area (Å²) in [6, 6.07) is 14.8. The Morgan fingerprint density at radius 2 is 1.79 bits per heavy atom. The molecule has 2 atom stereocenters. The number of hydrogen-bond acceptors (Lipinski definition) is 7. The van der Waals surface area contributed by atoms with Crippen LogP contribution >= 0.6 is 11.6 Å². The molecule has 9 heteroatoms. The lowest BCUT2D eigenvalue weighted by Gasteiger charge is -2.35. The van der Waals surface area contributed by atoms with Gasteiger partial charge in [0.15, 0.2) is 0 Å². The summed E-state index contributed by atoms with van der Waals surface area (Å²) in [7, 11) is 0. The fraction of sp³-hybridized carbons (Fsp3) is 0.515. The molecule has 0 radical (unpaired) electrons. The van der Waals surface area contributed by atoms with Crippen molar-refractivity contribution in [1.82, 2.24) is 4.90 Å².